The maximum absolute atomic E-state index is 11.8. The number of sulfonamides is 1. The molecule has 0 saturated carbocycles. The van der Waals surface area contributed by atoms with Gasteiger partial charge in [0.25, 0.3) is 0 Å². The Kier molecular flexibility index (Phi) is 4.31. The number of carboxylic acids is 1. The minimum Gasteiger partial charge on any atom is -0.508 e. The molecule has 0 heterocycles. The van der Waals surface area contributed by atoms with Gasteiger partial charge in [-0.2, -0.15) is 4.31 Å². The van der Waals surface area contributed by atoms with Crippen LogP contribution >= 0.6 is 0 Å². The number of aromatic hydroxyl groups is 1. The average Bonchev–Trinajstić information content (AvgIpc) is 2.30. The van der Waals surface area contributed by atoms with Crippen LogP contribution in [0.25, 0.3) is 0 Å². The first kappa shape index (κ1) is 14.5. The van der Waals surface area contributed by atoms with Gasteiger partial charge in [-0.15, -0.1) is 0 Å². The molecule has 0 amide bonds. The lowest BCUT2D eigenvalue weighted by Crippen LogP contribution is -2.38. The highest BCUT2D eigenvalue weighted by Crippen LogP contribution is 2.14. The van der Waals surface area contributed by atoms with Gasteiger partial charge in [0.1, 0.15) is 5.75 Å². The van der Waals surface area contributed by atoms with Crippen molar-refractivity contribution in [2.75, 3.05) is 7.05 Å². The third kappa shape index (κ3) is 3.21. The second kappa shape index (κ2) is 5.36. The van der Waals surface area contributed by atoms with Crippen LogP contribution in [0.2, 0.25) is 0 Å². The first-order valence-corrected chi connectivity index (χ1v) is 6.71. The van der Waals surface area contributed by atoms with Gasteiger partial charge in [0.2, 0.25) is 10.0 Å². The van der Waals surface area contributed by atoms with E-state index in [0.29, 0.717) is 5.56 Å². The average molecular weight is 273 g/mol. The number of phenolic OH excluding ortho intramolecular Hbond substituents is 1. The van der Waals surface area contributed by atoms with Crippen LogP contribution < -0.4 is 0 Å². The minimum atomic E-state index is -3.88. The number of hydrogen-bond acceptors (Lipinski definition) is 4. The molecule has 0 aliphatic heterocycles. The molecule has 0 saturated heterocycles. The Bertz CT molecular complexity index is 523. The van der Waals surface area contributed by atoms with Gasteiger partial charge in [-0.3, -0.25) is 4.79 Å². The van der Waals surface area contributed by atoms with E-state index in [0.717, 1.165) is 11.2 Å². The predicted octanol–water partition coefficient (Wildman–Crippen LogP) is 0.627. The van der Waals surface area contributed by atoms with Gasteiger partial charge in [0, 0.05) is 13.6 Å². The molecule has 1 rings (SSSR count). The van der Waals surface area contributed by atoms with Crippen LogP contribution in [0.3, 0.4) is 0 Å². The standard InChI is InChI=1S/C11H15NO5S/c1-8(11(14)15)18(16,17)12(2)7-9-3-5-10(13)6-4-9/h3-6,8,13H,7H2,1-2H3,(H,14,15). The van der Waals surface area contributed by atoms with E-state index in [1.807, 2.05) is 0 Å². The summed E-state index contributed by atoms with van der Waals surface area (Å²) < 4.78 is 24.7. The quantitative estimate of drug-likeness (QED) is 0.820. The highest BCUT2D eigenvalue weighted by molar-refractivity contribution is 7.90. The molecule has 0 aliphatic rings. The highest BCUT2D eigenvalue weighted by atomic mass is 32.2. The third-order valence-corrected chi connectivity index (χ3v) is 4.66. The van der Waals surface area contributed by atoms with Gasteiger partial charge in [-0.05, 0) is 24.6 Å². The molecule has 0 fully saturated rings. The van der Waals surface area contributed by atoms with Crippen LogP contribution in [0.5, 0.6) is 5.75 Å². The molecule has 1 aromatic rings. The number of carbonyl (C=O) groups is 1. The van der Waals surface area contributed by atoms with Crippen molar-refractivity contribution < 1.29 is 23.4 Å². The fourth-order valence-corrected chi connectivity index (χ4v) is 2.47. The predicted molar refractivity (Wildman–Crippen MR) is 65.6 cm³/mol. The first-order chi connectivity index (χ1) is 8.25. The Labute approximate surface area is 106 Å². The lowest BCUT2D eigenvalue weighted by atomic mass is 10.2. The van der Waals surface area contributed by atoms with Crippen molar-refractivity contribution in [1.29, 1.82) is 0 Å². The minimum absolute atomic E-state index is 0.0558. The Balaban J connectivity index is 2.85. The second-order valence-corrected chi connectivity index (χ2v) is 6.31. The Morgan fingerprint density at radius 2 is 1.83 bits per heavy atom. The molecule has 6 nitrogen and oxygen atoms in total. The SMILES string of the molecule is CC(C(=O)O)S(=O)(=O)N(C)Cc1ccc(O)cc1. The van der Waals surface area contributed by atoms with Crippen LogP contribution in [0.4, 0.5) is 0 Å². The largest absolute Gasteiger partial charge is 0.508 e. The Hall–Kier alpha value is -1.60. The lowest BCUT2D eigenvalue weighted by molar-refractivity contribution is -0.136. The number of aliphatic carboxylic acids is 1. The van der Waals surface area contributed by atoms with Crippen LogP contribution in [-0.4, -0.2) is 41.2 Å². The van der Waals surface area contributed by atoms with Crippen LogP contribution in [0.15, 0.2) is 24.3 Å². The summed E-state index contributed by atoms with van der Waals surface area (Å²) in [4.78, 5) is 10.7. The van der Waals surface area contributed by atoms with Crippen LogP contribution in [-0.2, 0) is 21.4 Å². The van der Waals surface area contributed by atoms with E-state index in [2.05, 4.69) is 0 Å². The summed E-state index contributed by atoms with van der Waals surface area (Å²) in [6, 6.07) is 6.03. The van der Waals surface area contributed by atoms with Gasteiger partial charge < -0.3 is 10.2 Å². The molecule has 18 heavy (non-hydrogen) atoms. The molecule has 100 valence electrons. The summed E-state index contributed by atoms with van der Waals surface area (Å²) in [7, 11) is -2.55. The molecule has 0 aromatic heterocycles. The maximum Gasteiger partial charge on any atom is 0.323 e. The van der Waals surface area contributed by atoms with Gasteiger partial charge in [-0.1, -0.05) is 12.1 Å². The molecule has 1 aromatic carbocycles. The smallest absolute Gasteiger partial charge is 0.323 e. The third-order valence-electron chi connectivity index (χ3n) is 2.57. The molecule has 1 atom stereocenters. The normalized spacial score (nSPS) is 13.5. The van der Waals surface area contributed by atoms with Gasteiger partial charge >= 0.3 is 5.97 Å². The summed E-state index contributed by atoms with van der Waals surface area (Å²) in [6.07, 6.45) is 0. The van der Waals surface area contributed by atoms with E-state index in [-0.39, 0.29) is 12.3 Å². The molecule has 0 bridgehead atoms. The van der Waals surface area contributed by atoms with Crippen molar-refractivity contribution in [3.63, 3.8) is 0 Å². The van der Waals surface area contributed by atoms with Crippen molar-refractivity contribution >= 4 is 16.0 Å². The summed E-state index contributed by atoms with van der Waals surface area (Å²) in [6.45, 7) is 1.19. The fraction of sp³-hybridized carbons (Fsp3) is 0.364. The number of rotatable bonds is 5. The van der Waals surface area contributed by atoms with Crippen molar-refractivity contribution in [2.24, 2.45) is 0 Å². The summed E-state index contributed by atoms with van der Waals surface area (Å²) in [5, 5.41) is 16.3. The van der Waals surface area contributed by atoms with E-state index in [9.17, 15) is 13.2 Å². The lowest BCUT2D eigenvalue weighted by Gasteiger charge is -2.19. The zero-order valence-corrected chi connectivity index (χ0v) is 10.9. The van der Waals surface area contributed by atoms with Crippen molar-refractivity contribution in [2.45, 2.75) is 18.7 Å². The van der Waals surface area contributed by atoms with Gasteiger partial charge in [0.15, 0.2) is 5.25 Å². The molecule has 7 heteroatoms. The van der Waals surface area contributed by atoms with E-state index in [1.54, 1.807) is 12.1 Å². The number of nitrogens with zero attached hydrogens (tertiary/aromatic N) is 1. The summed E-state index contributed by atoms with van der Waals surface area (Å²) >= 11 is 0. The molecule has 0 aliphatic carbocycles. The fourth-order valence-electron chi connectivity index (χ4n) is 1.35. The molecule has 0 spiro atoms. The Morgan fingerprint density at radius 3 is 2.28 bits per heavy atom. The topological polar surface area (TPSA) is 94.9 Å². The van der Waals surface area contributed by atoms with Gasteiger partial charge in [-0.25, -0.2) is 8.42 Å². The maximum atomic E-state index is 11.8. The molecular formula is C11H15NO5S. The van der Waals surface area contributed by atoms with E-state index < -0.39 is 21.2 Å². The van der Waals surface area contributed by atoms with Crippen LogP contribution in [0, 0.1) is 0 Å². The molecule has 0 radical (unpaired) electrons. The number of benzene rings is 1. The molecule has 2 N–H and O–H groups in total. The van der Waals surface area contributed by atoms with Crippen LogP contribution in [0.1, 0.15) is 12.5 Å². The highest BCUT2D eigenvalue weighted by Gasteiger charge is 2.31. The number of hydrogen-bond donors (Lipinski definition) is 2. The second-order valence-electron chi connectivity index (χ2n) is 3.95. The summed E-state index contributed by atoms with van der Waals surface area (Å²) in [5.41, 5.74) is 0.663. The Morgan fingerprint density at radius 1 is 1.33 bits per heavy atom. The van der Waals surface area contributed by atoms with Crippen molar-refractivity contribution in [3.05, 3.63) is 29.8 Å². The number of phenols is 1. The van der Waals surface area contributed by atoms with Gasteiger partial charge in [0.05, 0.1) is 0 Å². The monoisotopic (exact) mass is 273 g/mol. The molecule has 1 unspecified atom stereocenters. The first-order valence-electron chi connectivity index (χ1n) is 5.21. The zero-order valence-electron chi connectivity index (χ0n) is 10.1. The van der Waals surface area contributed by atoms with E-state index in [1.165, 1.54) is 19.2 Å². The summed E-state index contributed by atoms with van der Waals surface area (Å²) in [5.74, 6) is -1.30. The zero-order chi connectivity index (χ0) is 13.9. The molecular weight excluding hydrogens is 258 g/mol. The van der Waals surface area contributed by atoms with Crippen molar-refractivity contribution in [1.82, 2.24) is 4.31 Å². The van der Waals surface area contributed by atoms with Crippen molar-refractivity contribution in [3.8, 4) is 5.75 Å². The number of carboxylic acid groups (broad SMARTS) is 1. The van der Waals surface area contributed by atoms with E-state index >= 15 is 0 Å². The van der Waals surface area contributed by atoms with E-state index in [4.69, 9.17) is 10.2 Å².